The van der Waals surface area contributed by atoms with Crippen molar-refractivity contribution in [3.8, 4) is 0 Å². The van der Waals surface area contributed by atoms with Gasteiger partial charge in [-0.3, -0.25) is 0 Å². The van der Waals surface area contributed by atoms with Gasteiger partial charge in [-0.2, -0.15) is 0 Å². The molecule has 0 heterocycles. The Hall–Kier alpha value is -4.72. The van der Waals surface area contributed by atoms with Crippen molar-refractivity contribution in [3.05, 3.63) is 95.1 Å². The Labute approximate surface area is 180 Å². The van der Waals surface area contributed by atoms with Crippen LogP contribution >= 0.6 is 0 Å². The van der Waals surface area contributed by atoms with Crippen molar-refractivity contribution < 1.29 is 39.6 Å². The number of fused-ring (bicyclic) bond motifs is 2. The number of hydrogen-bond acceptors (Lipinski definition) is 4. The maximum Gasteiger partial charge on any atom is 0.336 e. The molecule has 4 aromatic carbocycles. The highest BCUT2D eigenvalue weighted by atomic mass is 16.4. The van der Waals surface area contributed by atoms with E-state index in [0.717, 1.165) is 0 Å². The van der Waals surface area contributed by atoms with E-state index in [1.54, 1.807) is 36.4 Å². The summed E-state index contributed by atoms with van der Waals surface area (Å²) >= 11 is 0. The number of carboxylic acids is 4. The summed E-state index contributed by atoms with van der Waals surface area (Å²) in [5, 5.41) is 38.3. The Balaban J connectivity index is 0.000000181. The zero-order chi connectivity index (χ0) is 23.4. The minimum absolute atomic E-state index is 0.189. The molecule has 4 rings (SSSR count). The van der Waals surface area contributed by atoms with Crippen LogP contribution in [0.25, 0.3) is 21.5 Å². The molecule has 0 amide bonds. The monoisotopic (exact) mass is 432 g/mol. The van der Waals surface area contributed by atoms with Crippen LogP contribution in [0, 0.1) is 0 Å². The lowest BCUT2D eigenvalue weighted by Gasteiger charge is -2.04. The summed E-state index contributed by atoms with van der Waals surface area (Å²) < 4.78 is 0. The minimum Gasteiger partial charge on any atom is -0.478 e. The smallest absolute Gasteiger partial charge is 0.336 e. The van der Waals surface area contributed by atoms with Crippen LogP contribution in [0.4, 0.5) is 0 Å². The third kappa shape index (κ3) is 4.71. The van der Waals surface area contributed by atoms with Crippen molar-refractivity contribution in [2.45, 2.75) is 0 Å². The summed E-state index contributed by atoms with van der Waals surface area (Å²) in [5.74, 6) is -4.46. The molecular formula is C24H16O8. The summed E-state index contributed by atoms with van der Waals surface area (Å²) in [6.07, 6.45) is 0. The fourth-order valence-corrected chi connectivity index (χ4v) is 3.11. The molecule has 0 aliphatic rings. The van der Waals surface area contributed by atoms with Gasteiger partial charge in [-0.25, -0.2) is 19.2 Å². The fraction of sp³-hybridized carbons (Fsp3) is 0. The van der Waals surface area contributed by atoms with Crippen LogP contribution in [-0.2, 0) is 0 Å². The second-order valence-corrected chi connectivity index (χ2v) is 6.74. The molecule has 4 N–H and O–H groups in total. The first kappa shape index (κ1) is 22.0. The first-order valence-corrected chi connectivity index (χ1v) is 9.17. The molecule has 0 unspecified atom stereocenters. The molecule has 4 aromatic rings. The van der Waals surface area contributed by atoms with Gasteiger partial charge in [0.1, 0.15) is 0 Å². The molecule has 0 bridgehead atoms. The molecule has 0 spiro atoms. The lowest BCUT2D eigenvalue weighted by Crippen LogP contribution is -2.07. The van der Waals surface area contributed by atoms with Crippen LogP contribution in [0.15, 0.2) is 72.8 Å². The Kier molecular flexibility index (Phi) is 6.16. The van der Waals surface area contributed by atoms with Gasteiger partial charge in [-0.1, -0.05) is 36.4 Å². The van der Waals surface area contributed by atoms with Gasteiger partial charge in [-0.05, 0) is 57.9 Å². The number of benzene rings is 4. The predicted molar refractivity (Wildman–Crippen MR) is 116 cm³/mol. The third-order valence-corrected chi connectivity index (χ3v) is 4.68. The third-order valence-electron chi connectivity index (χ3n) is 4.68. The van der Waals surface area contributed by atoms with Gasteiger partial charge in [0.05, 0.1) is 22.3 Å². The molecule has 0 radical (unpaired) electrons. The van der Waals surface area contributed by atoms with Crippen molar-refractivity contribution in [3.63, 3.8) is 0 Å². The van der Waals surface area contributed by atoms with Crippen molar-refractivity contribution in [2.75, 3.05) is 0 Å². The highest BCUT2D eigenvalue weighted by Gasteiger charge is 2.16. The van der Waals surface area contributed by atoms with Crippen LogP contribution in [0.2, 0.25) is 0 Å². The summed E-state index contributed by atoms with van der Waals surface area (Å²) in [7, 11) is 0. The molecule has 0 atom stereocenters. The highest BCUT2D eigenvalue weighted by molar-refractivity contribution is 6.06. The maximum absolute atomic E-state index is 10.9. The number of aromatic carboxylic acids is 4. The first-order valence-electron chi connectivity index (χ1n) is 9.17. The number of carbonyl (C=O) groups is 4. The van der Waals surface area contributed by atoms with E-state index in [9.17, 15) is 19.2 Å². The van der Waals surface area contributed by atoms with E-state index in [0.29, 0.717) is 21.5 Å². The lowest BCUT2D eigenvalue weighted by atomic mass is 10.0. The number of carboxylic acid groups (broad SMARTS) is 4. The van der Waals surface area contributed by atoms with Gasteiger partial charge in [0, 0.05) is 0 Å². The highest BCUT2D eigenvalue weighted by Crippen LogP contribution is 2.20. The molecule has 0 aromatic heterocycles. The standard InChI is InChI=1S/2C12H8O4/c13-11(14)9-3-1-7-5-10(12(15)16)4-2-8(7)6-9;13-11(14)9-5-7-3-1-2-4-8(7)6-10(9)12(15)16/h2*1-6H,(H,13,14)(H,15,16). The number of hydrogen-bond donors (Lipinski definition) is 4. The molecule has 0 aliphatic heterocycles. The molecule has 160 valence electrons. The van der Waals surface area contributed by atoms with Crippen molar-refractivity contribution in [2.24, 2.45) is 0 Å². The Morgan fingerprint density at radius 2 is 0.781 bits per heavy atom. The average Bonchev–Trinajstić information content (AvgIpc) is 2.77. The largest absolute Gasteiger partial charge is 0.478 e. The summed E-state index contributed by atoms with van der Waals surface area (Å²) in [6, 6.07) is 18.9. The quantitative estimate of drug-likeness (QED) is 0.369. The SMILES string of the molecule is O=C(O)c1cc2ccccc2cc1C(=O)O.O=C(O)c1ccc2cc(C(=O)O)ccc2c1. The molecule has 0 saturated heterocycles. The Bertz CT molecular complexity index is 1280. The fourth-order valence-electron chi connectivity index (χ4n) is 3.11. The molecule has 0 fully saturated rings. The van der Waals surface area contributed by atoms with E-state index < -0.39 is 23.9 Å². The molecule has 8 nitrogen and oxygen atoms in total. The minimum atomic E-state index is -1.23. The summed E-state index contributed by atoms with van der Waals surface area (Å²) in [4.78, 5) is 43.3. The van der Waals surface area contributed by atoms with Crippen LogP contribution in [0.1, 0.15) is 41.4 Å². The van der Waals surface area contributed by atoms with Gasteiger partial charge < -0.3 is 20.4 Å². The normalized spacial score (nSPS) is 10.2. The van der Waals surface area contributed by atoms with Crippen LogP contribution in [0.5, 0.6) is 0 Å². The topological polar surface area (TPSA) is 149 Å². The van der Waals surface area contributed by atoms with Crippen molar-refractivity contribution >= 4 is 45.4 Å². The zero-order valence-electron chi connectivity index (χ0n) is 16.4. The van der Waals surface area contributed by atoms with E-state index in [-0.39, 0.29) is 22.3 Å². The summed E-state index contributed by atoms with van der Waals surface area (Å²) in [5.41, 5.74) is 0.00329. The van der Waals surface area contributed by atoms with Gasteiger partial charge in [0.25, 0.3) is 0 Å². The maximum atomic E-state index is 10.9. The zero-order valence-corrected chi connectivity index (χ0v) is 16.4. The molecule has 0 saturated carbocycles. The van der Waals surface area contributed by atoms with E-state index >= 15 is 0 Å². The van der Waals surface area contributed by atoms with Crippen LogP contribution < -0.4 is 0 Å². The van der Waals surface area contributed by atoms with Gasteiger partial charge >= 0.3 is 23.9 Å². The van der Waals surface area contributed by atoms with E-state index in [4.69, 9.17) is 20.4 Å². The first-order chi connectivity index (χ1) is 15.2. The van der Waals surface area contributed by atoms with Gasteiger partial charge in [-0.15, -0.1) is 0 Å². The van der Waals surface area contributed by atoms with Crippen molar-refractivity contribution in [1.82, 2.24) is 0 Å². The lowest BCUT2D eigenvalue weighted by molar-refractivity contribution is 0.0652. The second-order valence-electron chi connectivity index (χ2n) is 6.74. The predicted octanol–water partition coefficient (Wildman–Crippen LogP) is 4.47. The van der Waals surface area contributed by atoms with Crippen LogP contribution in [-0.4, -0.2) is 44.3 Å². The molecular weight excluding hydrogens is 416 g/mol. The Morgan fingerprint density at radius 1 is 0.438 bits per heavy atom. The van der Waals surface area contributed by atoms with Gasteiger partial charge in [0.15, 0.2) is 0 Å². The average molecular weight is 432 g/mol. The van der Waals surface area contributed by atoms with Gasteiger partial charge in [0.2, 0.25) is 0 Å². The van der Waals surface area contributed by atoms with E-state index in [1.165, 1.54) is 36.4 Å². The van der Waals surface area contributed by atoms with Crippen molar-refractivity contribution in [1.29, 1.82) is 0 Å². The van der Waals surface area contributed by atoms with Crippen LogP contribution in [0.3, 0.4) is 0 Å². The Morgan fingerprint density at radius 3 is 1.09 bits per heavy atom. The number of rotatable bonds is 4. The van der Waals surface area contributed by atoms with E-state index in [1.807, 2.05) is 0 Å². The van der Waals surface area contributed by atoms with E-state index in [2.05, 4.69) is 0 Å². The molecule has 32 heavy (non-hydrogen) atoms. The summed E-state index contributed by atoms with van der Waals surface area (Å²) in [6.45, 7) is 0. The molecule has 0 aliphatic carbocycles. The second kappa shape index (κ2) is 8.97. The molecule has 8 heteroatoms.